The van der Waals surface area contributed by atoms with Crippen molar-refractivity contribution in [2.24, 2.45) is 0 Å². The molecule has 0 aliphatic carbocycles. The van der Waals surface area contributed by atoms with Gasteiger partial charge in [0.15, 0.2) is 0 Å². The SMILES string of the molecule is CCCC=O.[Zn]. The van der Waals surface area contributed by atoms with Gasteiger partial charge in [0.1, 0.15) is 6.29 Å². The molecule has 6 heavy (non-hydrogen) atoms. The minimum Gasteiger partial charge on any atom is -0.303 e. The Kier molecular flexibility index (Phi) is 14.3. The molecule has 0 saturated heterocycles. The van der Waals surface area contributed by atoms with E-state index in [1.54, 1.807) is 0 Å². The van der Waals surface area contributed by atoms with Crippen molar-refractivity contribution in [3.05, 3.63) is 0 Å². The Labute approximate surface area is 50.9 Å². The van der Waals surface area contributed by atoms with Crippen LogP contribution in [0.1, 0.15) is 19.8 Å². The summed E-state index contributed by atoms with van der Waals surface area (Å²) in [5.41, 5.74) is 0. The van der Waals surface area contributed by atoms with Gasteiger partial charge in [0.05, 0.1) is 0 Å². The summed E-state index contributed by atoms with van der Waals surface area (Å²) in [5.74, 6) is 0. The standard InChI is InChI=1S/C4H8O.Zn/c1-2-3-4-5;/h4H,2-3H2,1H3;. The summed E-state index contributed by atoms with van der Waals surface area (Å²) in [6.07, 6.45) is 2.61. The smallest absolute Gasteiger partial charge is 0.119 e. The average Bonchev–Trinajstić information content (AvgIpc) is 1.41. The fourth-order valence-corrected chi connectivity index (χ4v) is 0.118. The first-order valence-corrected chi connectivity index (χ1v) is 1.85. The maximum absolute atomic E-state index is 9.40. The van der Waals surface area contributed by atoms with Crippen molar-refractivity contribution >= 4 is 6.29 Å². The van der Waals surface area contributed by atoms with Crippen molar-refractivity contribution in [2.75, 3.05) is 0 Å². The number of carbonyl (C=O) groups is 1. The van der Waals surface area contributed by atoms with E-state index in [-0.39, 0.29) is 19.5 Å². The van der Waals surface area contributed by atoms with Gasteiger partial charge in [0.2, 0.25) is 0 Å². The molecule has 0 fully saturated rings. The van der Waals surface area contributed by atoms with Crippen LogP contribution in [0.25, 0.3) is 0 Å². The Bertz CT molecular complexity index is 28.7. The first-order chi connectivity index (χ1) is 2.41. The Balaban J connectivity index is 0. The molecule has 0 aliphatic rings. The van der Waals surface area contributed by atoms with E-state index in [1.807, 2.05) is 6.92 Å². The number of hydrogen-bond donors (Lipinski definition) is 0. The molecule has 2 heteroatoms. The molecule has 0 aliphatic heterocycles. The monoisotopic (exact) mass is 136 g/mol. The van der Waals surface area contributed by atoms with Crippen LogP contribution < -0.4 is 0 Å². The molecule has 0 radical (unpaired) electrons. The number of hydrogen-bond acceptors (Lipinski definition) is 1. The molecule has 0 N–H and O–H groups in total. The molecule has 32 valence electrons. The van der Waals surface area contributed by atoms with E-state index in [0.29, 0.717) is 6.42 Å². The van der Waals surface area contributed by atoms with Gasteiger partial charge in [-0.3, -0.25) is 0 Å². The summed E-state index contributed by atoms with van der Waals surface area (Å²) in [6.45, 7) is 1.98. The Morgan fingerprint density at radius 3 is 2.17 bits per heavy atom. The number of rotatable bonds is 2. The van der Waals surface area contributed by atoms with E-state index in [1.165, 1.54) is 0 Å². The largest absolute Gasteiger partial charge is 0.303 e. The van der Waals surface area contributed by atoms with Crippen molar-refractivity contribution in [1.29, 1.82) is 0 Å². The van der Waals surface area contributed by atoms with Gasteiger partial charge in [0.25, 0.3) is 0 Å². The normalized spacial score (nSPS) is 6.17. The number of carbonyl (C=O) groups excluding carboxylic acids is 1. The van der Waals surface area contributed by atoms with E-state index in [4.69, 9.17) is 0 Å². The predicted molar refractivity (Wildman–Crippen MR) is 21.0 cm³/mol. The predicted octanol–water partition coefficient (Wildman–Crippen LogP) is 0.983. The van der Waals surface area contributed by atoms with Gasteiger partial charge in [0, 0.05) is 25.9 Å². The van der Waals surface area contributed by atoms with Crippen LogP contribution in [0.15, 0.2) is 0 Å². The minimum absolute atomic E-state index is 0. The fraction of sp³-hybridized carbons (Fsp3) is 0.750. The fourth-order valence-electron chi connectivity index (χ4n) is 0.118. The van der Waals surface area contributed by atoms with E-state index in [0.717, 1.165) is 12.7 Å². The van der Waals surface area contributed by atoms with Crippen LogP contribution in [-0.2, 0) is 24.3 Å². The Morgan fingerprint density at radius 2 is 2.17 bits per heavy atom. The summed E-state index contributed by atoms with van der Waals surface area (Å²) < 4.78 is 0. The molecule has 0 aromatic heterocycles. The van der Waals surface area contributed by atoms with E-state index in [9.17, 15) is 4.79 Å². The molecule has 1 nitrogen and oxygen atoms in total. The van der Waals surface area contributed by atoms with Crippen molar-refractivity contribution in [3.8, 4) is 0 Å². The van der Waals surface area contributed by atoms with E-state index >= 15 is 0 Å². The molecule has 0 spiro atoms. The molecule has 0 rings (SSSR count). The van der Waals surface area contributed by atoms with Crippen LogP contribution in [0.5, 0.6) is 0 Å². The maximum Gasteiger partial charge on any atom is 0.119 e. The number of aldehydes is 1. The average molecular weight is 137 g/mol. The molecular weight excluding hydrogens is 129 g/mol. The van der Waals surface area contributed by atoms with Gasteiger partial charge in [-0.15, -0.1) is 0 Å². The van der Waals surface area contributed by atoms with Gasteiger partial charge < -0.3 is 4.79 Å². The second-order valence-electron chi connectivity index (χ2n) is 0.955. The summed E-state index contributed by atoms with van der Waals surface area (Å²) >= 11 is 0. The van der Waals surface area contributed by atoms with Crippen LogP contribution in [0.4, 0.5) is 0 Å². The molecule has 0 aromatic carbocycles. The zero-order chi connectivity index (χ0) is 4.12. The molecule has 0 saturated carbocycles. The topological polar surface area (TPSA) is 17.1 Å². The van der Waals surface area contributed by atoms with Crippen LogP contribution >= 0.6 is 0 Å². The zero-order valence-corrected chi connectivity index (χ0v) is 7.07. The molecule has 0 bridgehead atoms. The molecular formula is C4H8OZn. The van der Waals surface area contributed by atoms with Gasteiger partial charge in [-0.2, -0.15) is 0 Å². The maximum atomic E-state index is 9.40. The number of unbranched alkanes of at least 4 members (excludes halogenated alkanes) is 1. The van der Waals surface area contributed by atoms with Gasteiger partial charge in [-0.25, -0.2) is 0 Å². The Morgan fingerprint density at radius 1 is 1.67 bits per heavy atom. The first-order valence-electron chi connectivity index (χ1n) is 1.85. The summed E-state index contributed by atoms with van der Waals surface area (Å²) in [6, 6.07) is 0. The Hall–Kier alpha value is 0.293. The van der Waals surface area contributed by atoms with Crippen LogP contribution in [0.3, 0.4) is 0 Å². The molecule has 0 unspecified atom stereocenters. The third-order valence-corrected chi connectivity index (χ3v) is 0.407. The van der Waals surface area contributed by atoms with Crippen LogP contribution in [0, 0.1) is 0 Å². The van der Waals surface area contributed by atoms with E-state index in [2.05, 4.69) is 0 Å². The molecule has 0 aromatic rings. The molecule has 0 atom stereocenters. The van der Waals surface area contributed by atoms with Gasteiger partial charge >= 0.3 is 0 Å². The zero-order valence-electron chi connectivity index (χ0n) is 4.11. The summed E-state index contributed by atoms with van der Waals surface area (Å²) in [5, 5.41) is 0. The summed E-state index contributed by atoms with van der Waals surface area (Å²) in [7, 11) is 0. The van der Waals surface area contributed by atoms with Gasteiger partial charge in [-0.05, 0) is 6.42 Å². The molecule has 0 heterocycles. The van der Waals surface area contributed by atoms with Crippen molar-refractivity contribution in [2.45, 2.75) is 19.8 Å². The van der Waals surface area contributed by atoms with Crippen LogP contribution in [-0.4, -0.2) is 6.29 Å². The quantitative estimate of drug-likeness (QED) is 0.410. The van der Waals surface area contributed by atoms with E-state index < -0.39 is 0 Å². The van der Waals surface area contributed by atoms with Crippen molar-refractivity contribution < 1.29 is 24.3 Å². The third-order valence-electron chi connectivity index (χ3n) is 0.407. The molecule has 0 amide bonds. The summed E-state index contributed by atoms with van der Waals surface area (Å²) in [4.78, 5) is 9.40. The van der Waals surface area contributed by atoms with Gasteiger partial charge in [-0.1, -0.05) is 6.92 Å². The minimum atomic E-state index is 0. The van der Waals surface area contributed by atoms with Crippen molar-refractivity contribution in [3.63, 3.8) is 0 Å². The second-order valence-corrected chi connectivity index (χ2v) is 0.955. The first kappa shape index (κ1) is 9.57. The third kappa shape index (κ3) is 8.85. The van der Waals surface area contributed by atoms with Crippen LogP contribution in [0.2, 0.25) is 0 Å². The van der Waals surface area contributed by atoms with Crippen molar-refractivity contribution in [1.82, 2.24) is 0 Å². The second kappa shape index (κ2) is 9.00.